The van der Waals surface area contributed by atoms with Gasteiger partial charge in [0.2, 0.25) is 6.10 Å². The normalized spacial score (nSPS) is 12.8. The molecule has 2 aromatic carbocycles. The minimum Gasteiger partial charge on any atom is -0.434 e. The van der Waals surface area contributed by atoms with Crippen molar-refractivity contribution in [1.29, 1.82) is 0 Å². The fourth-order valence-electron chi connectivity index (χ4n) is 3.10. The largest absolute Gasteiger partial charge is 0.434 e. The summed E-state index contributed by atoms with van der Waals surface area (Å²) in [6.07, 6.45) is -9.60. The third-order valence-corrected chi connectivity index (χ3v) is 6.90. The Morgan fingerprint density at radius 2 is 1.70 bits per heavy atom. The van der Waals surface area contributed by atoms with E-state index in [1.807, 2.05) is 18.7 Å². The summed E-state index contributed by atoms with van der Waals surface area (Å²) in [4.78, 5) is 14.1. The fourth-order valence-corrected chi connectivity index (χ4v) is 4.63. The molecule has 1 unspecified atom stereocenters. The number of amides is 1. The molecule has 1 amide bonds. The number of sulfone groups is 1. The van der Waals surface area contributed by atoms with Gasteiger partial charge in [-0.15, -0.1) is 0 Å². The summed E-state index contributed by atoms with van der Waals surface area (Å²) in [5, 5.41) is 0.642. The minimum absolute atomic E-state index is 0.123. The SMILES string of the molecule is CCN(CC)c1ccc(N(N)C(=O)OC(CS(=O)(=O)c2ccc(Cl)cc2)C(F)(F)F)c(C)c1. The summed E-state index contributed by atoms with van der Waals surface area (Å²) in [6, 6.07) is 9.50. The number of benzene rings is 2. The van der Waals surface area contributed by atoms with Crippen LogP contribution in [0.15, 0.2) is 47.4 Å². The topological polar surface area (TPSA) is 92.9 Å². The van der Waals surface area contributed by atoms with Crippen LogP contribution in [-0.4, -0.2) is 45.6 Å². The molecule has 182 valence electrons. The fraction of sp³-hybridized carbons (Fsp3) is 0.381. The predicted octanol–water partition coefficient (Wildman–Crippen LogP) is 4.72. The first-order chi connectivity index (χ1) is 15.3. The van der Waals surface area contributed by atoms with Crippen molar-refractivity contribution in [2.24, 2.45) is 5.84 Å². The zero-order valence-corrected chi connectivity index (χ0v) is 19.8. The zero-order chi connectivity index (χ0) is 25.0. The predicted molar refractivity (Wildman–Crippen MR) is 121 cm³/mol. The Morgan fingerprint density at radius 3 is 2.18 bits per heavy atom. The van der Waals surface area contributed by atoms with Gasteiger partial charge in [0.25, 0.3) is 0 Å². The summed E-state index contributed by atoms with van der Waals surface area (Å²) < 4.78 is 70.0. The van der Waals surface area contributed by atoms with E-state index in [0.717, 1.165) is 30.9 Å². The van der Waals surface area contributed by atoms with E-state index in [1.54, 1.807) is 19.1 Å². The highest BCUT2D eigenvalue weighted by atomic mass is 35.5. The zero-order valence-electron chi connectivity index (χ0n) is 18.3. The third-order valence-electron chi connectivity index (χ3n) is 4.92. The van der Waals surface area contributed by atoms with Crippen molar-refractivity contribution >= 4 is 38.9 Å². The number of hydrazine groups is 1. The van der Waals surface area contributed by atoms with Gasteiger partial charge in [-0.25, -0.2) is 24.1 Å². The lowest BCUT2D eigenvalue weighted by atomic mass is 10.1. The Labute approximate surface area is 195 Å². The number of alkyl halides is 3. The number of halogens is 4. The van der Waals surface area contributed by atoms with E-state index >= 15 is 0 Å². The second kappa shape index (κ2) is 10.6. The highest BCUT2D eigenvalue weighted by molar-refractivity contribution is 7.91. The maximum absolute atomic E-state index is 13.5. The van der Waals surface area contributed by atoms with Crippen molar-refractivity contribution in [3.05, 3.63) is 53.1 Å². The Bertz CT molecular complexity index is 1080. The van der Waals surface area contributed by atoms with Gasteiger partial charge in [-0.05, 0) is 68.8 Å². The summed E-state index contributed by atoms with van der Waals surface area (Å²) in [7, 11) is -4.45. The summed E-state index contributed by atoms with van der Waals surface area (Å²) in [5.41, 5.74) is 1.50. The van der Waals surface area contributed by atoms with Crippen molar-refractivity contribution < 1.29 is 31.1 Å². The van der Waals surface area contributed by atoms with E-state index in [-0.39, 0.29) is 15.6 Å². The van der Waals surface area contributed by atoms with E-state index in [2.05, 4.69) is 4.74 Å². The molecule has 0 saturated carbocycles. The molecule has 2 rings (SSSR count). The molecule has 0 heterocycles. The smallest absolute Gasteiger partial charge is 0.429 e. The molecule has 0 fully saturated rings. The van der Waals surface area contributed by atoms with Crippen LogP contribution in [0.4, 0.5) is 29.3 Å². The molecule has 33 heavy (non-hydrogen) atoms. The van der Waals surface area contributed by atoms with Gasteiger partial charge < -0.3 is 9.64 Å². The van der Waals surface area contributed by atoms with Crippen molar-refractivity contribution in [3.8, 4) is 0 Å². The van der Waals surface area contributed by atoms with Gasteiger partial charge in [-0.3, -0.25) is 0 Å². The van der Waals surface area contributed by atoms with Crippen molar-refractivity contribution in [2.45, 2.75) is 37.9 Å². The number of hydrogen-bond acceptors (Lipinski definition) is 6. The van der Waals surface area contributed by atoms with E-state index in [4.69, 9.17) is 17.4 Å². The summed E-state index contributed by atoms with van der Waals surface area (Å²) in [5.74, 6) is 4.22. The number of carbonyl (C=O) groups is 1. The van der Waals surface area contributed by atoms with Crippen LogP contribution in [0.5, 0.6) is 0 Å². The number of nitrogens with two attached hydrogens (primary N) is 1. The van der Waals surface area contributed by atoms with Crippen LogP contribution in [0.3, 0.4) is 0 Å². The third kappa shape index (κ3) is 6.75. The molecular weight excluding hydrogens is 483 g/mol. The van der Waals surface area contributed by atoms with E-state index in [0.29, 0.717) is 10.6 Å². The molecule has 0 saturated heterocycles. The molecule has 0 aliphatic heterocycles. The lowest BCUT2D eigenvalue weighted by Gasteiger charge is -2.26. The number of nitrogens with zero attached hydrogens (tertiary/aromatic N) is 2. The van der Waals surface area contributed by atoms with Crippen LogP contribution < -0.4 is 15.8 Å². The second-order valence-electron chi connectivity index (χ2n) is 7.16. The maximum atomic E-state index is 13.5. The Morgan fingerprint density at radius 1 is 1.12 bits per heavy atom. The number of rotatable bonds is 8. The van der Waals surface area contributed by atoms with E-state index < -0.39 is 34.0 Å². The maximum Gasteiger partial charge on any atom is 0.429 e. The molecule has 2 N–H and O–H groups in total. The van der Waals surface area contributed by atoms with Crippen molar-refractivity contribution in [1.82, 2.24) is 0 Å². The van der Waals surface area contributed by atoms with Gasteiger partial charge >= 0.3 is 12.3 Å². The average molecular weight is 508 g/mol. The van der Waals surface area contributed by atoms with Gasteiger partial charge in [0.05, 0.1) is 10.6 Å². The van der Waals surface area contributed by atoms with Gasteiger partial charge in [0, 0.05) is 23.8 Å². The molecule has 0 radical (unpaired) electrons. The van der Waals surface area contributed by atoms with Crippen LogP contribution in [0.25, 0.3) is 0 Å². The van der Waals surface area contributed by atoms with Crippen LogP contribution >= 0.6 is 11.6 Å². The Hall–Kier alpha value is -2.50. The second-order valence-corrected chi connectivity index (χ2v) is 9.63. The Kier molecular flexibility index (Phi) is 8.61. The monoisotopic (exact) mass is 507 g/mol. The minimum atomic E-state index is -5.14. The highest BCUT2D eigenvalue weighted by Crippen LogP contribution is 2.29. The molecule has 0 aromatic heterocycles. The molecular formula is C21H25ClF3N3O4S. The number of hydrogen-bond donors (Lipinski definition) is 1. The highest BCUT2D eigenvalue weighted by Gasteiger charge is 2.46. The van der Waals surface area contributed by atoms with E-state index in [1.165, 1.54) is 18.2 Å². The van der Waals surface area contributed by atoms with Crippen molar-refractivity contribution in [3.63, 3.8) is 0 Å². The van der Waals surface area contributed by atoms with Crippen LogP contribution in [0.2, 0.25) is 5.02 Å². The first-order valence-corrected chi connectivity index (χ1v) is 12.0. The molecule has 0 aliphatic rings. The standard InChI is InChI=1S/C21H25ClF3N3O4S/c1-4-27(5-2)16-8-11-18(14(3)12-16)28(26)20(29)32-19(21(23,24)25)13-33(30,31)17-9-6-15(22)7-10-17/h6-12,19H,4-5,13,26H2,1-3H3. The van der Waals surface area contributed by atoms with Gasteiger partial charge in [-0.2, -0.15) is 13.2 Å². The average Bonchev–Trinajstić information content (AvgIpc) is 2.73. The molecule has 0 spiro atoms. The quantitative estimate of drug-likeness (QED) is 0.316. The first-order valence-electron chi connectivity index (χ1n) is 9.96. The number of aryl methyl sites for hydroxylation is 1. The molecule has 1 atom stereocenters. The lowest BCUT2D eigenvalue weighted by molar-refractivity contribution is -0.195. The number of carbonyl (C=O) groups excluding carboxylic acids is 1. The first kappa shape index (κ1) is 26.7. The summed E-state index contributed by atoms with van der Waals surface area (Å²) >= 11 is 5.69. The van der Waals surface area contributed by atoms with Gasteiger partial charge in [-0.1, -0.05) is 11.6 Å². The Balaban J connectivity index is 2.24. The van der Waals surface area contributed by atoms with Crippen LogP contribution in [0.1, 0.15) is 19.4 Å². The molecule has 0 aliphatic carbocycles. The number of ether oxygens (including phenoxy) is 1. The number of anilines is 2. The molecule has 12 heteroatoms. The molecule has 2 aromatic rings. The molecule has 0 bridgehead atoms. The lowest BCUT2D eigenvalue weighted by Crippen LogP contribution is -2.46. The van der Waals surface area contributed by atoms with Crippen LogP contribution in [0, 0.1) is 6.92 Å². The molecule has 7 nitrogen and oxygen atoms in total. The summed E-state index contributed by atoms with van der Waals surface area (Å²) in [6.45, 7) is 7.04. The van der Waals surface area contributed by atoms with Gasteiger partial charge in [0.1, 0.15) is 5.75 Å². The van der Waals surface area contributed by atoms with Gasteiger partial charge in [0.15, 0.2) is 9.84 Å². The van der Waals surface area contributed by atoms with E-state index in [9.17, 15) is 26.4 Å². The van der Waals surface area contributed by atoms with Crippen molar-refractivity contribution in [2.75, 3.05) is 28.8 Å². The van der Waals surface area contributed by atoms with Crippen LogP contribution in [-0.2, 0) is 14.6 Å².